The van der Waals surface area contributed by atoms with Crippen LogP contribution in [-0.2, 0) is 6.54 Å². The molecule has 1 atom stereocenters. The molecular formula is C7H8F3IN4O. The van der Waals surface area contributed by atoms with Gasteiger partial charge in [-0.2, -0.15) is 18.3 Å². The second kappa shape index (κ2) is 4.89. The molecule has 1 rings (SSSR count). The van der Waals surface area contributed by atoms with Crippen molar-refractivity contribution in [1.29, 1.82) is 0 Å². The SMILES string of the molecule is N/C(=N/O)C(Cn1cc(I)cn1)C(F)(F)F. The molecule has 0 fully saturated rings. The number of amidine groups is 1. The molecule has 5 nitrogen and oxygen atoms in total. The van der Waals surface area contributed by atoms with E-state index in [2.05, 4.69) is 10.3 Å². The van der Waals surface area contributed by atoms with Crippen molar-refractivity contribution >= 4 is 28.4 Å². The first-order valence-electron chi connectivity index (χ1n) is 4.06. The summed E-state index contributed by atoms with van der Waals surface area (Å²) in [5, 5.41) is 14.4. The summed E-state index contributed by atoms with van der Waals surface area (Å²) in [7, 11) is 0. The predicted molar refractivity (Wildman–Crippen MR) is 57.9 cm³/mol. The Balaban J connectivity index is 2.88. The first kappa shape index (κ1) is 13.1. The molecule has 0 aliphatic carbocycles. The highest BCUT2D eigenvalue weighted by Crippen LogP contribution is 2.27. The summed E-state index contributed by atoms with van der Waals surface area (Å²) >= 11 is 1.92. The average Bonchev–Trinajstić information content (AvgIpc) is 2.57. The van der Waals surface area contributed by atoms with Crippen molar-refractivity contribution in [3.63, 3.8) is 0 Å². The third-order valence-corrected chi connectivity index (χ3v) is 2.40. The molecule has 0 bridgehead atoms. The van der Waals surface area contributed by atoms with Crippen LogP contribution < -0.4 is 5.73 Å². The van der Waals surface area contributed by atoms with Crippen molar-refractivity contribution in [2.45, 2.75) is 12.7 Å². The summed E-state index contributed by atoms with van der Waals surface area (Å²) in [6.45, 7) is -0.512. The molecule has 90 valence electrons. The van der Waals surface area contributed by atoms with Gasteiger partial charge >= 0.3 is 6.18 Å². The molecule has 1 aromatic heterocycles. The summed E-state index contributed by atoms with van der Waals surface area (Å²) in [6.07, 6.45) is -1.72. The van der Waals surface area contributed by atoms with Gasteiger partial charge in [0.1, 0.15) is 5.92 Å². The molecule has 16 heavy (non-hydrogen) atoms. The molecule has 0 aliphatic heterocycles. The zero-order valence-electron chi connectivity index (χ0n) is 7.82. The van der Waals surface area contributed by atoms with Gasteiger partial charge in [0.2, 0.25) is 0 Å². The number of nitrogens with zero attached hydrogens (tertiary/aromatic N) is 3. The Morgan fingerprint density at radius 2 is 2.31 bits per heavy atom. The van der Waals surface area contributed by atoms with E-state index in [1.165, 1.54) is 12.4 Å². The predicted octanol–water partition coefficient (Wildman–Crippen LogP) is 1.41. The number of hydrogen-bond donors (Lipinski definition) is 2. The normalized spacial score (nSPS) is 15.1. The highest BCUT2D eigenvalue weighted by atomic mass is 127. The molecule has 0 saturated heterocycles. The highest BCUT2D eigenvalue weighted by Gasteiger charge is 2.43. The number of alkyl halides is 3. The van der Waals surface area contributed by atoms with E-state index in [1.807, 2.05) is 22.6 Å². The van der Waals surface area contributed by atoms with Gasteiger partial charge in [0.05, 0.1) is 16.3 Å². The maximum absolute atomic E-state index is 12.5. The Morgan fingerprint density at radius 1 is 1.69 bits per heavy atom. The van der Waals surface area contributed by atoms with Crippen LogP contribution in [0.1, 0.15) is 0 Å². The van der Waals surface area contributed by atoms with Gasteiger partial charge in [-0.3, -0.25) is 4.68 Å². The van der Waals surface area contributed by atoms with Gasteiger partial charge < -0.3 is 10.9 Å². The lowest BCUT2D eigenvalue weighted by molar-refractivity contribution is -0.159. The number of oxime groups is 1. The van der Waals surface area contributed by atoms with Crippen LogP contribution in [0.25, 0.3) is 0 Å². The lowest BCUT2D eigenvalue weighted by Gasteiger charge is -2.18. The number of aromatic nitrogens is 2. The Kier molecular flexibility index (Phi) is 3.99. The van der Waals surface area contributed by atoms with Crippen molar-refractivity contribution in [3.8, 4) is 0 Å². The quantitative estimate of drug-likeness (QED) is 0.285. The van der Waals surface area contributed by atoms with Crippen molar-refractivity contribution in [2.24, 2.45) is 16.8 Å². The maximum atomic E-state index is 12.5. The lowest BCUT2D eigenvalue weighted by atomic mass is 10.1. The van der Waals surface area contributed by atoms with E-state index in [4.69, 9.17) is 10.9 Å². The van der Waals surface area contributed by atoms with Crippen LogP contribution >= 0.6 is 22.6 Å². The summed E-state index contributed by atoms with van der Waals surface area (Å²) in [5.41, 5.74) is 5.00. The standard InChI is InChI=1S/C7H8F3IN4O/c8-7(9,10)5(6(12)14-16)3-15-2-4(11)1-13-15/h1-2,5,16H,3H2,(H2,12,14). The van der Waals surface area contributed by atoms with Crippen molar-refractivity contribution in [1.82, 2.24) is 9.78 Å². The summed E-state index contributed by atoms with van der Waals surface area (Å²) < 4.78 is 39.4. The third kappa shape index (κ3) is 3.25. The number of hydrogen-bond acceptors (Lipinski definition) is 3. The Morgan fingerprint density at radius 3 is 2.69 bits per heavy atom. The fourth-order valence-electron chi connectivity index (χ4n) is 1.06. The van der Waals surface area contributed by atoms with Gasteiger partial charge in [-0.15, -0.1) is 0 Å². The molecule has 9 heteroatoms. The van der Waals surface area contributed by atoms with Crippen LogP contribution in [0, 0.1) is 9.49 Å². The van der Waals surface area contributed by atoms with Crippen LogP contribution in [0.3, 0.4) is 0 Å². The zero-order valence-corrected chi connectivity index (χ0v) is 9.97. The van der Waals surface area contributed by atoms with E-state index in [0.29, 0.717) is 3.57 Å². The summed E-state index contributed by atoms with van der Waals surface area (Å²) in [6, 6.07) is 0. The highest BCUT2D eigenvalue weighted by molar-refractivity contribution is 14.1. The Hall–Kier alpha value is -1.00. The lowest BCUT2D eigenvalue weighted by Crippen LogP contribution is -2.39. The average molecular weight is 348 g/mol. The molecule has 1 unspecified atom stereocenters. The van der Waals surface area contributed by atoms with Gasteiger partial charge in [-0.25, -0.2) is 0 Å². The summed E-state index contributed by atoms with van der Waals surface area (Å²) in [5.74, 6) is -2.92. The molecule has 0 aromatic carbocycles. The second-order valence-electron chi connectivity index (χ2n) is 3.00. The number of rotatable bonds is 3. The van der Waals surface area contributed by atoms with Gasteiger partial charge in [-0.1, -0.05) is 5.16 Å². The zero-order chi connectivity index (χ0) is 12.3. The molecule has 1 aromatic rings. The summed E-state index contributed by atoms with van der Waals surface area (Å²) in [4.78, 5) is 0. The molecule has 1 heterocycles. The fourth-order valence-corrected chi connectivity index (χ4v) is 1.51. The minimum Gasteiger partial charge on any atom is -0.409 e. The Bertz CT molecular complexity index is 389. The number of nitrogens with two attached hydrogens (primary N) is 1. The molecule has 0 saturated carbocycles. The molecule has 0 amide bonds. The van der Waals surface area contributed by atoms with Gasteiger partial charge in [0, 0.05) is 6.20 Å². The van der Waals surface area contributed by atoms with E-state index < -0.39 is 24.5 Å². The third-order valence-electron chi connectivity index (χ3n) is 1.84. The first-order chi connectivity index (χ1) is 7.34. The number of halogens is 4. The van der Waals surface area contributed by atoms with Crippen LogP contribution in [0.4, 0.5) is 13.2 Å². The van der Waals surface area contributed by atoms with Crippen LogP contribution in [-0.4, -0.2) is 27.0 Å². The van der Waals surface area contributed by atoms with Gasteiger partial charge in [0.15, 0.2) is 5.84 Å². The minimum absolute atomic E-state index is 0.512. The van der Waals surface area contributed by atoms with E-state index >= 15 is 0 Å². The van der Waals surface area contributed by atoms with Gasteiger partial charge in [0.25, 0.3) is 0 Å². The van der Waals surface area contributed by atoms with Crippen molar-refractivity contribution in [3.05, 3.63) is 16.0 Å². The van der Waals surface area contributed by atoms with Crippen LogP contribution in [0.2, 0.25) is 0 Å². The fraction of sp³-hybridized carbons (Fsp3) is 0.429. The van der Waals surface area contributed by atoms with Crippen molar-refractivity contribution < 1.29 is 18.4 Å². The monoisotopic (exact) mass is 348 g/mol. The van der Waals surface area contributed by atoms with E-state index in [1.54, 1.807) is 0 Å². The molecular weight excluding hydrogens is 340 g/mol. The largest absolute Gasteiger partial charge is 0.409 e. The molecule has 0 aliphatic rings. The molecule has 0 radical (unpaired) electrons. The smallest absolute Gasteiger partial charge is 0.400 e. The molecule has 3 N–H and O–H groups in total. The maximum Gasteiger partial charge on any atom is 0.400 e. The molecule has 0 spiro atoms. The van der Waals surface area contributed by atoms with E-state index in [0.717, 1.165) is 4.68 Å². The van der Waals surface area contributed by atoms with Crippen molar-refractivity contribution in [2.75, 3.05) is 0 Å². The van der Waals surface area contributed by atoms with Crippen LogP contribution in [0.15, 0.2) is 17.5 Å². The Labute approximate surface area is 102 Å². The van der Waals surface area contributed by atoms with Crippen LogP contribution in [0.5, 0.6) is 0 Å². The topological polar surface area (TPSA) is 76.4 Å². The second-order valence-corrected chi connectivity index (χ2v) is 4.25. The van der Waals surface area contributed by atoms with Gasteiger partial charge in [-0.05, 0) is 22.6 Å². The minimum atomic E-state index is -4.58. The van der Waals surface area contributed by atoms with E-state index in [9.17, 15) is 13.2 Å². The first-order valence-corrected chi connectivity index (χ1v) is 5.14. The van der Waals surface area contributed by atoms with E-state index in [-0.39, 0.29) is 0 Å².